The molecule has 0 aliphatic carbocycles. The number of hydrogen-bond acceptors (Lipinski definition) is 5. The summed E-state index contributed by atoms with van der Waals surface area (Å²) in [4.78, 5) is 4.70. The van der Waals surface area contributed by atoms with Gasteiger partial charge in [0.15, 0.2) is 0 Å². The van der Waals surface area contributed by atoms with Crippen molar-refractivity contribution in [2.24, 2.45) is 12.2 Å². The zero-order valence-electron chi connectivity index (χ0n) is 21.1. The minimum atomic E-state index is 0.634. The number of oxime groups is 1. The molecule has 1 heterocycles. The second kappa shape index (κ2) is 15.1. The van der Waals surface area contributed by atoms with Crippen molar-refractivity contribution in [1.82, 2.24) is 9.78 Å². The smallest absolute Gasteiger partial charge is 0.233 e. The molecule has 33 heavy (non-hydrogen) atoms. The van der Waals surface area contributed by atoms with Crippen LogP contribution in [-0.2, 0) is 18.3 Å². The van der Waals surface area contributed by atoms with Crippen molar-refractivity contribution in [3.05, 3.63) is 52.7 Å². The largest absolute Gasteiger partial charge is 0.490 e. The SMILES string of the molecule is C/C=C/COc1cc(C)c(CCCCCCCCCOc2cc(/C=N/OC)n(C)n2)c(C)c1. The zero-order chi connectivity index (χ0) is 23.9. The van der Waals surface area contributed by atoms with E-state index in [1.54, 1.807) is 10.9 Å². The Morgan fingerprint density at radius 3 is 2.27 bits per heavy atom. The van der Waals surface area contributed by atoms with E-state index in [2.05, 4.69) is 36.2 Å². The van der Waals surface area contributed by atoms with Crippen LogP contribution in [0.3, 0.4) is 0 Å². The van der Waals surface area contributed by atoms with E-state index in [4.69, 9.17) is 14.3 Å². The lowest BCUT2D eigenvalue weighted by atomic mass is 9.96. The lowest BCUT2D eigenvalue weighted by Gasteiger charge is -2.13. The molecule has 0 aliphatic rings. The van der Waals surface area contributed by atoms with Gasteiger partial charge in [0.25, 0.3) is 0 Å². The molecule has 2 rings (SSSR count). The fourth-order valence-electron chi connectivity index (χ4n) is 3.89. The molecule has 0 saturated heterocycles. The number of unbranched alkanes of at least 4 members (excludes halogenated alkanes) is 6. The van der Waals surface area contributed by atoms with Gasteiger partial charge < -0.3 is 14.3 Å². The molecule has 0 radical (unpaired) electrons. The summed E-state index contributed by atoms with van der Waals surface area (Å²) in [6, 6.07) is 6.22. The average Bonchev–Trinajstić information content (AvgIpc) is 3.14. The molecule has 1 aromatic carbocycles. The Bertz CT molecular complexity index is 864. The first-order valence-electron chi connectivity index (χ1n) is 12.1. The number of hydrogen-bond donors (Lipinski definition) is 0. The Morgan fingerprint density at radius 1 is 0.939 bits per heavy atom. The van der Waals surface area contributed by atoms with Gasteiger partial charge in [0.2, 0.25) is 5.88 Å². The third kappa shape index (κ3) is 9.72. The van der Waals surface area contributed by atoms with Crippen LogP contribution in [0.4, 0.5) is 0 Å². The summed E-state index contributed by atoms with van der Waals surface area (Å²) in [5.74, 6) is 1.61. The molecule has 6 heteroatoms. The van der Waals surface area contributed by atoms with Crippen molar-refractivity contribution in [1.29, 1.82) is 0 Å². The van der Waals surface area contributed by atoms with Crippen LogP contribution in [0.5, 0.6) is 11.6 Å². The molecule has 6 nitrogen and oxygen atoms in total. The third-order valence-electron chi connectivity index (χ3n) is 5.76. The van der Waals surface area contributed by atoms with Crippen molar-refractivity contribution >= 4 is 6.21 Å². The van der Waals surface area contributed by atoms with Crippen LogP contribution >= 0.6 is 0 Å². The van der Waals surface area contributed by atoms with Crippen molar-refractivity contribution < 1.29 is 14.3 Å². The number of nitrogens with zero attached hydrogens (tertiary/aromatic N) is 3. The lowest BCUT2D eigenvalue weighted by Crippen LogP contribution is -2.00. The first-order valence-corrected chi connectivity index (χ1v) is 12.1. The summed E-state index contributed by atoms with van der Waals surface area (Å²) in [5, 5.41) is 8.09. The normalized spacial score (nSPS) is 11.5. The number of rotatable bonds is 16. The van der Waals surface area contributed by atoms with Crippen LogP contribution in [0.1, 0.15) is 74.3 Å². The maximum Gasteiger partial charge on any atom is 0.233 e. The molecule has 0 bridgehead atoms. The highest BCUT2D eigenvalue weighted by Crippen LogP contribution is 2.24. The Morgan fingerprint density at radius 2 is 1.61 bits per heavy atom. The van der Waals surface area contributed by atoms with E-state index in [-0.39, 0.29) is 0 Å². The number of ether oxygens (including phenoxy) is 2. The molecular weight excluding hydrogens is 414 g/mol. The molecule has 0 aliphatic heterocycles. The summed E-state index contributed by atoms with van der Waals surface area (Å²) in [6.07, 6.45) is 15.4. The predicted molar refractivity (Wildman–Crippen MR) is 136 cm³/mol. The Balaban J connectivity index is 1.54. The fraction of sp³-hybridized carbons (Fsp3) is 0.556. The van der Waals surface area contributed by atoms with E-state index in [9.17, 15) is 0 Å². The van der Waals surface area contributed by atoms with Crippen LogP contribution in [0.25, 0.3) is 0 Å². The quantitative estimate of drug-likeness (QED) is 0.129. The van der Waals surface area contributed by atoms with Gasteiger partial charge in [-0.25, -0.2) is 0 Å². The van der Waals surface area contributed by atoms with E-state index in [1.807, 2.05) is 32.2 Å². The second-order valence-corrected chi connectivity index (χ2v) is 8.44. The molecule has 0 atom stereocenters. The van der Waals surface area contributed by atoms with Gasteiger partial charge in [-0.05, 0) is 68.9 Å². The average molecular weight is 456 g/mol. The van der Waals surface area contributed by atoms with Crippen LogP contribution in [-0.4, -0.2) is 36.3 Å². The highest BCUT2D eigenvalue weighted by atomic mass is 16.6. The predicted octanol–water partition coefficient (Wildman–Crippen LogP) is 6.32. The van der Waals surface area contributed by atoms with Gasteiger partial charge in [0.1, 0.15) is 19.5 Å². The second-order valence-electron chi connectivity index (χ2n) is 8.44. The monoisotopic (exact) mass is 455 g/mol. The van der Waals surface area contributed by atoms with Crippen LogP contribution < -0.4 is 9.47 Å². The molecule has 0 spiro atoms. The summed E-state index contributed by atoms with van der Waals surface area (Å²) >= 11 is 0. The van der Waals surface area contributed by atoms with Gasteiger partial charge in [-0.2, -0.15) is 0 Å². The summed E-state index contributed by atoms with van der Waals surface area (Å²) < 4.78 is 13.3. The van der Waals surface area contributed by atoms with Crippen molar-refractivity contribution in [2.75, 3.05) is 20.3 Å². The van der Waals surface area contributed by atoms with Gasteiger partial charge in [-0.1, -0.05) is 49.4 Å². The Hall–Kier alpha value is -2.76. The minimum Gasteiger partial charge on any atom is -0.490 e. The molecule has 182 valence electrons. The highest BCUT2D eigenvalue weighted by molar-refractivity contribution is 5.77. The van der Waals surface area contributed by atoms with Gasteiger partial charge in [0, 0.05) is 13.1 Å². The third-order valence-corrected chi connectivity index (χ3v) is 5.76. The van der Waals surface area contributed by atoms with Gasteiger partial charge in [0.05, 0.1) is 18.5 Å². The van der Waals surface area contributed by atoms with Crippen molar-refractivity contribution in [3.8, 4) is 11.6 Å². The topological polar surface area (TPSA) is 57.9 Å². The fourth-order valence-corrected chi connectivity index (χ4v) is 3.89. The standard InChI is InChI=1S/C27H41N3O3/c1-6-7-16-32-25-18-22(2)26(23(3)19-25)15-13-11-9-8-10-12-14-17-33-27-20-24(21-28-31-5)30(4)29-27/h6-7,18-21H,8-17H2,1-5H3/b7-6+,28-21+. The van der Waals surface area contributed by atoms with Gasteiger partial charge in [-0.3, -0.25) is 4.68 Å². The maximum absolute atomic E-state index is 5.80. The van der Waals surface area contributed by atoms with Crippen molar-refractivity contribution in [3.63, 3.8) is 0 Å². The van der Waals surface area contributed by atoms with Crippen LogP contribution in [0.2, 0.25) is 0 Å². The van der Waals surface area contributed by atoms with Gasteiger partial charge in [-0.15, -0.1) is 5.10 Å². The lowest BCUT2D eigenvalue weighted by molar-refractivity contribution is 0.215. The summed E-state index contributed by atoms with van der Waals surface area (Å²) in [7, 11) is 3.39. The minimum absolute atomic E-state index is 0.634. The molecule has 1 aromatic heterocycles. The van der Waals surface area contributed by atoms with E-state index >= 15 is 0 Å². The molecular formula is C27H41N3O3. The molecule has 2 aromatic rings. The zero-order valence-corrected chi connectivity index (χ0v) is 21.1. The van der Waals surface area contributed by atoms with E-state index in [0.717, 1.165) is 24.3 Å². The Kier molecular flexibility index (Phi) is 12.2. The molecule has 0 amide bonds. The molecule has 0 unspecified atom stereocenters. The van der Waals surface area contributed by atoms with E-state index in [0.29, 0.717) is 19.1 Å². The maximum atomic E-state index is 5.80. The van der Waals surface area contributed by atoms with Crippen LogP contribution in [0.15, 0.2) is 35.5 Å². The van der Waals surface area contributed by atoms with Crippen molar-refractivity contribution in [2.45, 2.75) is 72.1 Å². The molecule has 0 saturated carbocycles. The molecule has 0 fully saturated rings. The first-order chi connectivity index (χ1) is 16.0. The number of aryl methyl sites for hydroxylation is 3. The van der Waals surface area contributed by atoms with Gasteiger partial charge >= 0.3 is 0 Å². The number of allylic oxidation sites excluding steroid dienone is 1. The van der Waals surface area contributed by atoms with E-state index < -0.39 is 0 Å². The summed E-state index contributed by atoms with van der Waals surface area (Å²) in [5.41, 5.74) is 5.02. The first kappa shape index (κ1) is 26.5. The molecule has 0 N–H and O–H groups in total. The number of benzene rings is 1. The number of aromatic nitrogens is 2. The Labute approximate surface area is 199 Å². The van der Waals surface area contributed by atoms with E-state index in [1.165, 1.54) is 62.3 Å². The highest BCUT2D eigenvalue weighted by Gasteiger charge is 2.06. The van der Waals surface area contributed by atoms with Crippen LogP contribution in [0, 0.1) is 13.8 Å². The summed E-state index contributed by atoms with van der Waals surface area (Å²) in [6.45, 7) is 7.75.